The molecule has 2 aliphatic heterocycles. The van der Waals surface area contributed by atoms with E-state index in [0.29, 0.717) is 0 Å². The molecule has 2 aliphatic rings. The lowest BCUT2D eigenvalue weighted by Crippen LogP contribution is -2.66. The second-order valence-electron chi connectivity index (χ2n) is 5.50. The molecule has 2 nitrogen and oxygen atoms in total. The summed E-state index contributed by atoms with van der Waals surface area (Å²) in [6.45, 7) is 13.3. The number of hydrogen-bond donors (Lipinski definition) is 0. The Morgan fingerprint density at radius 3 is 2.29 bits per heavy atom. The van der Waals surface area contributed by atoms with Crippen LogP contribution in [0.4, 0.5) is 0 Å². The van der Waals surface area contributed by atoms with Crippen LogP contribution in [-0.2, 0) is 0 Å². The molecule has 0 aliphatic carbocycles. The highest BCUT2D eigenvalue weighted by Gasteiger charge is 2.43. The topological polar surface area (TPSA) is 6.48 Å². The van der Waals surface area contributed by atoms with Crippen LogP contribution in [0.2, 0.25) is 0 Å². The summed E-state index contributed by atoms with van der Waals surface area (Å²) in [7, 11) is 0. The zero-order chi connectivity index (χ0) is 10.3. The quantitative estimate of drug-likeness (QED) is 0.664. The molecule has 0 aromatic rings. The Labute approximate surface area is 88.3 Å². The van der Waals surface area contributed by atoms with Crippen molar-refractivity contribution in [1.82, 2.24) is 9.80 Å². The maximum absolute atomic E-state index is 2.67. The van der Waals surface area contributed by atoms with Gasteiger partial charge in [-0.25, -0.2) is 0 Å². The molecule has 0 saturated carbocycles. The van der Waals surface area contributed by atoms with Crippen molar-refractivity contribution in [1.29, 1.82) is 0 Å². The molecule has 2 heterocycles. The Kier molecular flexibility index (Phi) is 2.85. The molecule has 2 unspecified atom stereocenters. The fraction of sp³-hybridized carbons (Fsp3) is 1.00. The van der Waals surface area contributed by atoms with Crippen LogP contribution in [0.5, 0.6) is 0 Å². The van der Waals surface area contributed by atoms with Crippen molar-refractivity contribution in [3.63, 3.8) is 0 Å². The molecule has 0 amide bonds. The highest BCUT2D eigenvalue weighted by atomic mass is 15.3. The third-order valence-electron chi connectivity index (χ3n) is 4.02. The first-order valence-electron chi connectivity index (χ1n) is 6.09. The Bertz CT molecular complexity index is 192. The van der Waals surface area contributed by atoms with Crippen LogP contribution in [0.15, 0.2) is 0 Å². The van der Waals surface area contributed by atoms with Gasteiger partial charge in [-0.05, 0) is 46.6 Å². The molecule has 0 bridgehead atoms. The van der Waals surface area contributed by atoms with Crippen molar-refractivity contribution < 1.29 is 0 Å². The van der Waals surface area contributed by atoms with E-state index in [1.165, 1.54) is 26.1 Å². The molecule has 2 saturated heterocycles. The van der Waals surface area contributed by atoms with Gasteiger partial charge in [-0.15, -0.1) is 0 Å². The van der Waals surface area contributed by atoms with E-state index in [2.05, 4.69) is 37.5 Å². The SMILES string of the molecule is CC(C)N1CCC2CN(C(C)C)C2C1. The molecule has 2 fully saturated rings. The predicted octanol–water partition coefficient (Wildman–Crippen LogP) is 1.81. The molecule has 82 valence electrons. The fourth-order valence-corrected chi connectivity index (χ4v) is 2.92. The average Bonchev–Trinajstić information content (AvgIpc) is 2.05. The highest BCUT2D eigenvalue weighted by molar-refractivity contribution is 4.98. The van der Waals surface area contributed by atoms with Gasteiger partial charge < -0.3 is 0 Å². The van der Waals surface area contributed by atoms with Crippen molar-refractivity contribution in [3.05, 3.63) is 0 Å². The van der Waals surface area contributed by atoms with Gasteiger partial charge in [0.1, 0.15) is 0 Å². The van der Waals surface area contributed by atoms with E-state index >= 15 is 0 Å². The summed E-state index contributed by atoms with van der Waals surface area (Å²) in [6, 6.07) is 2.33. The van der Waals surface area contributed by atoms with Crippen LogP contribution in [0.1, 0.15) is 34.1 Å². The molecule has 0 aromatic heterocycles. The predicted molar refractivity (Wildman–Crippen MR) is 60.4 cm³/mol. The van der Waals surface area contributed by atoms with Crippen LogP contribution in [0.3, 0.4) is 0 Å². The summed E-state index contributed by atoms with van der Waals surface area (Å²) in [5, 5.41) is 0. The van der Waals surface area contributed by atoms with Crippen LogP contribution in [-0.4, -0.2) is 47.6 Å². The van der Waals surface area contributed by atoms with Gasteiger partial charge in [0.15, 0.2) is 0 Å². The van der Waals surface area contributed by atoms with Gasteiger partial charge in [-0.2, -0.15) is 0 Å². The van der Waals surface area contributed by atoms with E-state index in [1.54, 1.807) is 0 Å². The highest BCUT2D eigenvalue weighted by Crippen LogP contribution is 2.34. The number of nitrogens with zero attached hydrogens (tertiary/aromatic N) is 2. The lowest BCUT2D eigenvalue weighted by molar-refractivity contribution is -0.0686. The summed E-state index contributed by atoms with van der Waals surface area (Å²) >= 11 is 0. The Balaban J connectivity index is 1.92. The second-order valence-corrected chi connectivity index (χ2v) is 5.50. The van der Waals surface area contributed by atoms with E-state index in [4.69, 9.17) is 0 Å². The molecular formula is C12H24N2. The Morgan fingerprint density at radius 1 is 1.00 bits per heavy atom. The molecule has 2 atom stereocenters. The van der Waals surface area contributed by atoms with Crippen LogP contribution in [0, 0.1) is 5.92 Å². The van der Waals surface area contributed by atoms with Gasteiger partial charge in [0, 0.05) is 31.2 Å². The first kappa shape index (κ1) is 10.4. The molecular weight excluding hydrogens is 172 g/mol. The van der Waals surface area contributed by atoms with E-state index in [0.717, 1.165) is 24.0 Å². The molecule has 0 N–H and O–H groups in total. The zero-order valence-corrected chi connectivity index (χ0v) is 10.0. The fourth-order valence-electron chi connectivity index (χ4n) is 2.92. The lowest BCUT2D eigenvalue weighted by Gasteiger charge is -2.56. The van der Waals surface area contributed by atoms with Crippen molar-refractivity contribution >= 4 is 0 Å². The van der Waals surface area contributed by atoms with Crippen molar-refractivity contribution in [2.75, 3.05) is 19.6 Å². The van der Waals surface area contributed by atoms with Gasteiger partial charge in [-0.3, -0.25) is 9.80 Å². The van der Waals surface area contributed by atoms with Crippen LogP contribution in [0.25, 0.3) is 0 Å². The minimum absolute atomic E-state index is 0.727. The summed E-state index contributed by atoms with van der Waals surface area (Å²) < 4.78 is 0. The third kappa shape index (κ3) is 1.70. The van der Waals surface area contributed by atoms with E-state index < -0.39 is 0 Å². The summed E-state index contributed by atoms with van der Waals surface area (Å²) in [5.41, 5.74) is 0. The van der Waals surface area contributed by atoms with Gasteiger partial charge >= 0.3 is 0 Å². The number of likely N-dealkylation sites (tertiary alicyclic amines) is 2. The van der Waals surface area contributed by atoms with E-state index in [-0.39, 0.29) is 0 Å². The van der Waals surface area contributed by atoms with Crippen LogP contribution < -0.4 is 0 Å². The summed E-state index contributed by atoms with van der Waals surface area (Å²) in [5.74, 6) is 1.01. The number of hydrogen-bond acceptors (Lipinski definition) is 2. The van der Waals surface area contributed by atoms with Crippen molar-refractivity contribution in [3.8, 4) is 0 Å². The number of fused-ring (bicyclic) bond motifs is 1. The Morgan fingerprint density at radius 2 is 1.71 bits per heavy atom. The first-order chi connectivity index (χ1) is 6.59. The summed E-state index contributed by atoms with van der Waals surface area (Å²) in [4.78, 5) is 5.30. The molecule has 2 rings (SSSR count). The standard InChI is InChI=1S/C12H24N2/c1-9(2)13-6-5-11-7-14(10(3)4)12(11)8-13/h9-12H,5-8H2,1-4H3. The van der Waals surface area contributed by atoms with Gasteiger partial charge in [0.2, 0.25) is 0 Å². The minimum atomic E-state index is 0.727. The Hall–Kier alpha value is -0.0800. The number of piperidine rings is 1. The first-order valence-corrected chi connectivity index (χ1v) is 6.09. The molecule has 0 spiro atoms. The summed E-state index contributed by atoms with van der Waals surface area (Å²) in [6.07, 6.45) is 1.42. The largest absolute Gasteiger partial charge is 0.299 e. The molecule has 14 heavy (non-hydrogen) atoms. The van der Waals surface area contributed by atoms with Crippen molar-refractivity contribution in [2.45, 2.75) is 52.2 Å². The second kappa shape index (κ2) is 3.82. The molecule has 0 aromatic carbocycles. The van der Waals surface area contributed by atoms with Gasteiger partial charge in [0.25, 0.3) is 0 Å². The minimum Gasteiger partial charge on any atom is -0.299 e. The molecule has 0 radical (unpaired) electrons. The average molecular weight is 196 g/mol. The maximum Gasteiger partial charge on any atom is 0.0267 e. The van der Waals surface area contributed by atoms with Crippen molar-refractivity contribution in [2.24, 2.45) is 5.92 Å². The van der Waals surface area contributed by atoms with E-state index in [9.17, 15) is 0 Å². The third-order valence-corrected chi connectivity index (χ3v) is 4.02. The maximum atomic E-state index is 2.67. The van der Waals surface area contributed by atoms with Crippen LogP contribution >= 0.6 is 0 Å². The van der Waals surface area contributed by atoms with Gasteiger partial charge in [-0.1, -0.05) is 0 Å². The monoisotopic (exact) mass is 196 g/mol. The lowest BCUT2D eigenvalue weighted by atomic mass is 9.81. The zero-order valence-electron chi connectivity index (χ0n) is 10.0. The van der Waals surface area contributed by atoms with Gasteiger partial charge in [0.05, 0.1) is 0 Å². The molecule has 2 heteroatoms. The van der Waals surface area contributed by atoms with E-state index in [1.807, 2.05) is 0 Å². The smallest absolute Gasteiger partial charge is 0.0267 e. The normalized spacial score (nSPS) is 34.7. The number of rotatable bonds is 2.